The molecule has 0 aliphatic carbocycles. The van der Waals surface area contributed by atoms with Crippen LogP contribution in [0.2, 0.25) is 0 Å². The molecule has 0 amide bonds. The topological polar surface area (TPSA) is 17.3 Å². The van der Waals surface area contributed by atoms with Crippen LogP contribution in [0.4, 0.5) is 0 Å². The van der Waals surface area contributed by atoms with E-state index in [1.54, 1.807) is 6.20 Å². The molecule has 0 radical (unpaired) electrons. The molecular weight excluding hydrogens is 148 g/mol. The van der Waals surface area contributed by atoms with Crippen LogP contribution in [0.15, 0.2) is 41.7 Å². The van der Waals surface area contributed by atoms with E-state index in [-0.39, 0.29) is 0 Å². The SMILES string of the molecule is C1=N/C=C\C=C\c2cccn2C1. The summed E-state index contributed by atoms with van der Waals surface area (Å²) in [7, 11) is 0. The third-order valence-corrected chi connectivity index (χ3v) is 1.80. The minimum Gasteiger partial charge on any atom is -0.343 e. The molecule has 0 aromatic carbocycles. The maximum absolute atomic E-state index is 4.09. The van der Waals surface area contributed by atoms with E-state index >= 15 is 0 Å². The summed E-state index contributed by atoms with van der Waals surface area (Å²) in [4.78, 5) is 4.09. The zero-order chi connectivity index (χ0) is 8.23. The fourth-order valence-corrected chi connectivity index (χ4v) is 1.19. The lowest BCUT2D eigenvalue weighted by molar-refractivity contribution is 0.863. The standard InChI is InChI=1S/C10H10N2/c1-2-6-11-7-9-12-8-3-5-10(12)4-1/h1-8H,9H2/b4-1+,6-2-,11-7?. The lowest BCUT2D eigenvalue weighted by atomic mass is 10.3. The van der Waals surface area contributed by atoms with Crippen molar-refractivity contribution < 1.29 is 0 Å². The van der Waals surface area contributed by atoms with Gasteiger partial charge in [-0.1, -0.05) is 6.08 Å². The van der Waals surface area contributed by atoms with Crippen molar-refractivity contribution in [2.45, 2.75) is 6.54 Å². The second-order valence-electron chi connectivity index (χ2n) is 2.62. The van der Waals surface area contributed by atoms with Gasteiger partial charge >= 0.3 is 0 Å². The van der Waals surface area contributed by atoms with Crippen LogP contribution in [0, 0.1) is 0 Å². The highest BCUT2D eigenvalue weighted by Gasteiger charge is 1.94. The van der Waals surface area contributed by atoms with Crippen LogP contribution in [-0.2, 0) is 6.54 Å². The first-order chi connectivity index (χ1) is 5.97. The summed E-state index contributed by atoms with van der Waals surface area (Å²) in [5.41, 5.74) is 1.22. The van der Waals surface area contributed by atoms with Crippen LogP contribution in [0.5, 0.6) is 0 Å². The van der Waals surface area contributed by atoms with Crippen molar-refractivity contribution >= 4 is 12.3 Å². The van der Waals surface area contributed by atoms with E-state index in [1.807, 2.05) is 24.4 Å². The van der Waals surface area contributed by atoms with E-state index in [1.165, 1.54) is 5.69 Å². The van der Waals surface area contributed by atoms with Gasteiger partial charge in [-0.15, -0.1) is 0 Å². The normalized spacial score (nSPS) is 20.3. The fraction of sp³-hybridized carbons (Fsp3) is 0.100. The number of allylic oxidation sites excluding steroid dienone is 2. The van der Waals surface area contributed by atoms with Crippen molar-refractivity contribution in [3.05, 3.63) is 42.4 Å². The molecule has 12 heavy (non-hydrogen) atoms. The Bertz CT molecular complexity index is 342. The summed E-state index contributed by atoms with van der Waals surface area (Å²) in [5, 5.41) is 0. The average molecular weight is 158 g/mol. The van der Waals surface area contributed by atoms with Crippen LogP contribution in [0.3, 0.4) is 0 Å². The Morgan fingerprint density at radius 1 is 1.33 bits per heavy atom. The maximum Gasteiger partial charge on any atom is 0.0578 e. The summed E-state index contributed by atoms with van der Waals surface area (Å²) >= 11 is 0. The minimum atomic E-state index is 0.844. The van der Waals surface area contributed by atoms with Crippen molar-refractivity contribution in [2.75, 3.05) is 0 Å². The number of nitrogens with zero attached hydrogens (tertiary/aromatic N) is 2. The maximum atomic E-state index is 4.09. The lowest BCUT2D eigenvalue weighted by Crippen LogP contribution is -1.98. The molecule has 1 aliphatic rings. The number of hydrogen-bond donors (Lipinski definition) is 0. The van der Waals surface area contributed by atoms with E-state index in [0.29, 0.717) is 0 Å². The number of rotatable bonds is 0. The smallest absolute Gasteiger partial charge is 0.0578 e. The Labute approximate surface area is 71.6 Å². The highest BCUT2D eigenvalue weighted by Crippen LogP contribution is 2.05. The summed E-state index contributed by atoms with van der Waals surface area (Å²) < 4.78 is 2.15. The van der Waals surface area contributed by atoms with E-state index in [0.717, 1.165) is 6.54 Å². The van der Waals surface area contributed by atoms with Gasteiger partial charge in [0.1, 0.15) is 0 Å². The quantitative estimate of drug-likeness (QED) is 0.550. The number of aliphatic imine (C=N–C) groups is 1. The summed E-state index contributed by atoms with van der Waals surface area (Å²) in [5.74, 6) is 0. The molecule has 2 heterocycles. The molecule has 2 heteroatoms. The Morgan fingerprint density at radius 2 is 2.33 bits per heavy atom. The first-order valence-electron chi connectivity index (χ1n) is 3.97. The van der Waals surface area contributed by atoms with Gasteiger partial charge in [-0.05, 0) is 24.3 Å². The first kappa shape index (κ1) is 7.10. The van der Waals surface area contributed by atoms with Gasteiger partial charge in [-0.25, -0.2) is 0 Å². The molecule has 2 rings (SSSR count). The number of hydrogen-bond acceptors (Lipinski definition) is 1. The molecule has 60 valence electrons. The van der Waals surface area contributed by atoms with Gasteiger partial charge in [-0.2, -0.15) is 0 Å². The molecule has 0 saturated carbocycles. The van der Waals surface area contributed by atoms with Crippen LogP contribution in [0.25, 0.3) is 6.08 Å². The summed E-state index contributed by atoms with van der Waals surface area (Å²) in [6.45, 7) is 0.844. The number of fused-ring (bicyclic) bond motifs is 1. The molecule has 1 aromatic heterocycles. The highest BCUT2D eigenvalue weighted by atomic mass is 15.0. The van der Waals surface area contributed by atoms with Crippen molar-refractivity contribution in [3.8, 4) is 0 Å². The molecule has 0 unspecified atom stereocenters. The molecule has 0 fully saturated rings. The summed E-state index contributed by atoms with van der Waals surface area (Å²) in [6, 6.07) is 4.13. The van der Waals surface area contributed by atoms with Crippen LogP contribution >= 0.6 is 0 Å². The third kappa shape index (κ3) is 1.37. The van der Waals surface area contributed by atoms with E-state index in [4.69, 9.17) is 0 Å². The number of aromatic nitrogens is 1. The molecule has 0 atom stereocenters. The van der Waals surface area contributed by atoms with Gasteiger partial charge in [0.15, 0.2) is 0 Å². The Kier molecular flexibility index (Phi) is 1.90. The van der Waals surface area contributed by atoms with Crippen molar-refractivity contribution in [1.82, 2.24) is 4.57 Å². The third-order valence-electron chi connectivity index (χ3n) is 1.80. The van der Waals surface area contributed by atoms with Gasteiger partial charge in [-0.3, -0.25) is 4.99 Å². The molecule has 0 saturated heterocycles. The predicted octanol–water partition coefficient (Wildman–Crippen LogP) is 2.10. The fourth-order valence-electron chi connectivity index (χ4n) is 1.19. The molecule has 0 spiro atoms. The monoisotopic (exact) mass is 158 g/mol. The second kappa shape index (κ2) is 3.22. The minimum absolute atomic E-state index is 0.844. The zero-order valence-corrected chi connectivity index (χ0v) is 6.72. The largest absolute Gasteiger partial charge is 0.343 e. The molecular formula is C10H10N2. The molecule has 2 nitrogen and oxygen atoms in total. The Hall–Kier alpha value is -1.57. The molecule has 0 bridgehead atoms. The molecule has 0 N–H and O–H groups in total. The second-order valence-corrected chi connectivity index (χ2v) is 2.62. The first-order valence-corrected chi connectivity index (χ1v) is 3.97. The van der Waals surface area contributed by atoms with Crippen molar-refractivity contribution in [1.29, 1.82) is 0 Å². The van der Waals surface area contributed by atoms with E-state index < -0.39 is 0 Å². The van der Waals surface area contributed by atoms with Crippen LogP contribution in [-0.4, -0.2) is 10.8 Å². The molecule has 1 aromatic rings. The van der Waals surface area contributed by atoms with Crippen molar-refractivity contribution in [2.24, 2.45) is 4.99 Å². The van der Waals surface area contributed by atoms with Gasteiger partial charge in [0.2, 0.25) is 0 Å². The summed E-state index contributed by atoms with van der Waals surface area (Å²) in [6.07, 6.45) is 11.7. The van der Waals surface area contributed by atoms with E-state index in [2.05, 4.69) is 27.9 Å². The Morgan fingerprint density at radius 3 is 3.33 bits per heavy atom. The van der Waals surface area contributed by atoms with Crippen LogP contribution in [0.1, 0.15) is 5.69 Å². The van der Waals surface area contributed by atoms with Gasteiger partial charge < -0.3 is 4.57 Å². The highest BCUT2D eigenvalue weighted by molar-refractivity contribution is 5.60. The zero-order valence-electron chi connectivity index (χ0n) is 6.72. The lowest BCUT2D eigenvalue weighted by Gasteiger charge is -1.99. The Balaban J connectivity index is 2.40. The van der Waals surface area contributed by atoms with Gasteiger partial charge in [0.25, 0.3) is 0 Å². The predicted molar refractivity (Wildman–Crippen MR) is 51.1 cm³/mol. The van der Waals surface area contributed by atoms with Crippen molar-refractivity contribution in [3.63, 3.8) is 0 Å². The molecule has 1 aliphatic heterocycles. The van der Waals surface area contributed by atoms with Crippen LogP contribution < -0.4 is 0 Å². The van der Waals surface area contributed by atoms with Gasteiger partial charge in [0.05, 0.1) is 6.54 Å². The van der Waals surface area contributed by atoms with Gasteiger partial charge in [0, 0.05) is 24.3 Å². The van der Waals surface area contributed by atoms with E-state index in [9.17, 15) is 0 Å². The average Bonchev–Trinajstić information content (AvgIpc) is 2.50.